The van der Waals surface area contributed by atoms with Gasteiger partial charge in [-0.25, -0.2) is 9.36 Å². The Morgan fingerprint density at radius 3 is 1.44 bits per heavy atom. The summed E-state index contributed by atoms with van der Waals surface area (Å²) in [5.41, 5.74) is 0. The molecule has 1 unspecified atom stereocenters. The van der Waals surface area contributed by atoms with Crippen molar-refractivity contribution >= 4 is 19.8 Å². The maximum atomic E-state index is 12.6. The van der Waals surface area contributed by atoms with Crippen LogP contribution >= 0.6 is 7.82 Å². The Labute approximate surface area is 351 Å². The van der Waals surface area contributed by atoms with Crippen molar-refractivity contribution in [2.75, 3.05) is 47.5 Å². The summed E-state index contributed by atoms with van der Waals surface area (Å²) < 4.78 is 34.1. The highest BCUT2D eigenvalue weighted by Crippen LogP contribution is 2.43. The Morgan fingerprint density at radius 1 is 0.579 bits per heavy atom. The minimum atomic E-state index is -4.40. The number of phosphoric acid groups is 1. The fourth-order valence-electron chi connectivity index (χ4n) is 6.63. The van der Waals surface area contributed by atoms with Crippen LogP contribution in [0.15, 0.2) is 24.3 Å². The lowest BCUT2D eigenvalue weighted by atomic mass is 10.0. The number of hydrogen-bond donors (Lipinski definition) is 1. The van der Waals surface area contributed by atoms with Gasteiger partial charge in [0, 0.05) is 12.5 Å². The highest BCUT2D eigenvalue weighted by Gasteiger charge is 2.26. The lowest BCUT2D eigenvalue weighted by Crippen LogP contribution is -2.37. The van der Waals surface area contributed by atoms with E-state index in [1.165, 1.54) is 167 Å². The van der Waals surface area contributed by atoms with Gasteiger partial charge in [0.2, 0.25) is 0 Å². The number of ether oxygens (including phenoxy) is 2. The first-order chi connectivity index (χ1) is 27.5. The van der Waals surface area contributed by atoms with Gasteiger partial charge in [-0.1, -0.05) is 205 Å². The van der Waals surface area contributed by atoms with Gasteiger partial charge >= 0.3 is 19.8 Å². The molecule has 0 aromatic heterocycles. The van der Waals surface area contributed by atoms with Crippen molar-refractivity contribution in [1.82, 2.24) is 0 Å². The summed E-state index contributed by atoms with van der Waals surface area (Å²) in [5, 5.41) is 0. The Bertz CT molecular complexity index is 1030. The molecule has 9 nitrogen and oxygen atoms in total. The molecule has 0 aromatic rings. The van der Waals surface area contributed by atoms with Gasteiger partial charge in [0.25, 0.3) is 0 Å². The molecule has 0 aliphatic rings. The van der Waals surface area contributed by atoms with Crippen molar-refractivity contribution in [3.05, 3.63) is 24.3 Å². The highest BCUT2D eigenvalue weighted by molar-refractivity contribution is 7.47. The summed E-state index contributed by atoms with van der Waals surface area (Å²) in [6.07, 6.45) is 44.3. The van der Waals surface area contributed by atoms with Crippen molar-refractivity contribution in [3.8, 4) is 0 Å². The van der Waals surface area contributed by atoms with E-state index < -0.39 is 26.5 Å². The zero-order valence-corrected chi connectivity index (χ0v) is 38.7. The molecule has 2 atom stereocenters. The smallest absolute Gasteiger partial charge is 0.462 e. The number of nitrogens with zero attached hydrogens (tertiary/aromatic N) is 1. The third-order valence-electron chi connectivity index (χ3n) is 10.3. The van der Waals surface area contributed by atoms with Crippen LogP contribution in [-0.2, 0) is 32.7 Å². The molecule has 336 valence electrons. The Hall–Kier alpha value is -1.51. The molecule has 0 aromatic carbocycles. The summed E-state index contributed by atoms with van der Waals surface area (Å²) in [7, 11) is 1.43. The van der Waals surface area contributed by atoms with Crippen LogP contribution in [-0.4, -0.2) is 74.9 Å². The van der Waals surface area contributed by atoms with Crippen LogP contribution < -0.4 is 0 Å². The van der Waals surface area contributed by atoms with Gasteiger partial charge in [0.05, 0.1) is 27.7 Å². The van der Waals surface area contributed by atoms with E-state index in [0.29, 0.717) is 11.0 Å². The van der Waals surface area contributed by atoms with E-state index in [0.717, 1.165) is 32.1 Å². The first-order valence-corrected chi connectivity index (χ1v) is 25.1. The third-order valence-corrected chi connectivity index (χ3v) is 11.3. The molecule has 57 heavy (non-hydrogen) atoms. The molecular formula is C47H91NO8P+. The van der Waals surface area contributed by atoms with Crippen molar-refractivity contribution in [2.45, 2.75) is 219 Å². The SMILES string of the molecule is CCCCCCCCCCCCC/C=C/C=C/C(=O)O[C@H](COC(=O)CCCCCCCCCCCCCCCCCCCC)COP(=O)(O)OCC[N+](C)(C)C. The molecule has 0 saturated carbocycles. The number of esters is 2. The van der Waals surface area contributed by atoms with E-state index in [4.69, 9.17) is 18.5 Å². The highest BCUT2D eigenvalue weighted by atomic mass is 31.2. The van der Waals surface area contributed by atoms with Crippen LogP contribution in [0.4, 0.5) is 0 Å². The van der Waals surface area contributed by atoms with Gasteiger partial charge in [0.15, 0.2) is 6.10 Å². The van der Waals surface area contributed by atoms with Crippen molar-refractivity contribution in [3.63, 3.8) is 0 Å². The minimum Gasteiger partial charge on any atom is -0.462 e. The lowest BCUT2D eigenvalue weighted by Gasteiger charge is -2.24. The van der Waals surface area contributed by atoms with Gasteiger partial charge in [-0.2, -0.15) is 0 Å². The van der Waals surface area contributed by atoms with Gasteiger partial charge in [0.1, 0.15) is 19.8 Å². The van der Waals surface area contributed by atoms with E-state index in [1.807, 2.05) is 33.3 Å². The maximum Gasteiger partial charge on any atom is 0.472 e. The van der Waals surface area contributed by atoms with E-state index in [2.05, 4.69) is 13.8 Å². The van der Waals surface area contributed by atoms with Crippen LogP contribution in [0.3, 0.4) is 0 Å². The van der Waals surface area contributed by atoms with E-state index in [1.54, 1.807) is 6.08 Å². The Kier molecular flexibility index (Phi) is 38.9. The molecule has 0 amide bonds. The second-order valence-corrected chi connectivity index (χ2v) is 18.7. The topological polar surface area (TPSA) is 108 Å². The fraction of sp³-hybridized carbons (Fsp3) is 0.872. The molecule has 0 bridgehead atoms. The predicted octanol–water partition coefficient (Wildman–Crippen LogP) is 13.5. The van der Waals surface area contributed by atoms with Gasteiger partial charge in [-0.15, -0.1) is 0 Å². The Balaban J connectivity index is 4.36. The number of quaternary nitrogens is 1. The van der Waals surface area contributed by atoms with Gasteiger partial charge in [-0.3, -0.25) is 13.8 Å². The average molecular weight is 829 g/mol. The molecule has 0 saturated heterocycles. The second-order valence-electron chi connectivity index (χ2n) is 17.2. The number of carbonyl (C=O) groups is 2. The number of phosphoric ester groups is 1. The Morgan fingerprint density at radius 2 is 1.00 bits per heavy atom. The second kappa shape index (κ2) is 39.9. The van der Waals surface area contributed by atoms with Crippen molar-refractivity contribution < 1.29 is 42.1 Å². The molecule has 0 aliphatic heterocycles. The molecular weight excluding hydrogens is 737 g/mol. The van der Waals surface area contributed by atoms with Gasteiger partial charge in [-0.05, 0) is 19.3 Å². The molecule has 0 radical (unpaired) electrons. The molecule has 0 rings (SSSR count). The van der Waals surface area contributed by atoms with E-state index >= 15 is 0 Å². The van der Waals surface area contributed by atoms with Crippen LogP contribution in [0.2, 0.25) is 0 Å². The largest absolute Gasteiger partial charge is 0.472 e. The van der Waals surface area contributed by atoms with Crippen LogP contribution in [0.1, 0.15) is 213 Å². The summed E-state index contributed by atoms with van der Waals surface area (Å²) in [6, 6.07) is 0. The number of rotatable bonds is 43. The third kappa shape index (κ3) is 43.9. The number of carbonyl (C=O) groups excluding carboxylic acids is 2. The summed E-state index contributed by atoms with van der Waals surface area (Å²) in [6.45, 7) is 4.33. The molecule has 0 fully saturated rings. The normalized spacial score (nSPS) is 13.7. The molecule has 1 N–H and O–H groups in total. The number of hydrogen-bond acceptors (Lipinski definition) is 7. The monoisotopic (exact) mass is 829 g/mol. The van der Waals surface area contributed by atoms with Gasteiger partial charge < -0.3 is 18.9 Å². The first kappa shape index (κ1) is 55.5. The fourth-order valence-corrected chi connectivity index (χ4v) is 7.37. The summed E-state index contributed by atoms with van der Waals surface area (Å²) >= 11 is 0. The standard InChI is InChI=1S/C47H90NO8P/c1-6-8-10-12-14-16-18-20-22-23-24-26-27-29-31-33-35-37-39-46(49)53-43-45(44-55-57(51,52)54-42-41-48(3,4)5)56-47(50)40-38-36-34-32-30-28-25-21-19-17-15-13-11-9-7-2/h34,36,38,40,45H,6-33,35,37,39,41-44H2,1-5H3/p+1/b36-34+,40-38+/t45-/m1/s1. The predicted molar refractivity (Wildman–Crippen MR) is 238 cm³/mol. The van der Waals surface area contributed by atoms with E-state index in [9.17, 15) is 19.0 Å². The summed E-state index contributed by atoms with van der Waals surface area (Å²) in [4.78, 5) is 35.3. The quantitative estimate of drug-likeness (QED) is 0.0162. The maximum absolute atomic E-state index is 12.6. The van der Waals surface area contributed by atoms with E-state index in [-0.39, 0.29) is 25.6 Å². The molecule has 0 aliphatic carbocycles. The van der Waals surface area contributed by atoms with Crippen LogP contribution in [0.5, 0.6) is 0 Å². The number of unbranched alkanes of at least 4 members (excludes halogenated alkanes) is 28. The average Bonchev–Trinajstić information content (AvgIpc) is 3.16. The number of allylic oxidation sites excluding steroid dienone is 3. The molecule has 0 spiro atoms. The zero-order valence-electron chi connectivity index (χ0n) is 37.8. The first-order valence-electron chi connectivity index (χ1n) is 23.6. The summed E-state index contributed by atoms with van der Waals surface area (Å²) in [5.74, 6) is -1.04. The minimum absolute atomic E-state index is 0.0182. The lowest BCUT2D eigenvalue weighted by molar-refractivity contribution is -0.870. The number of likely N-dealkylation sites (N-methyl/N-ethyl adjacent to an activating group) is 1. The van der Waals surface area contributed by atoms with Crippen molar-refractivity contribution in [2.24, 2.45) is 0 Å². The molecule has 0 heterocycles. The van der Waals surface area contributed by atoms with Crippen LogP contribution in [0, 0.1) is 0 Å². The molecule has 10 heteroatoms. The van der Waals surface area contributed by atoms with Crippen molar-refractivity contribution in [1.29, 1.82) is 0 Å². The zero-order chi connectivity index (χ0) is 42.1. The van der Waals surface area contributed by atoms with Crippen LogP contribution in [0.25, 0.3) is 0 Å².